The van der Waals surface area contributed by atoms with E-state index >= 15 is 0 Å². The van der Waals surface area contributed by atoms with Crippen molar-refractivity contribution in [2.24, 2.45) is 0 Å². The number of piperazine rings is 2. The van der Waals surface area contributed by atoms with E-state index in [1.165, 1.54) is 0 Å². The second-order valence-corrected chi connectivity index (χ2v) is 5.97. The molecule has 0 atom stereocenters. The first-order valence-corrected chi connectivity index (χ1v) is 8.30. The zero-order chi connectivity index (χ0) is 17.5. The Bertz CT molecular complexity index is 526. The van der Waals surface area contributed by atoms with E-state index in [0.29, 0.717) is 45.9 Å². The van der Waals surface area contributed by atoms with Crippen LogP contribution in [0.1, 0.15) is 6.92 Å². The average Bonchev–Trinajstić information content (AvgIpc) is 2.60. The van der Waals surface area contributed by atoms with Gasteiger partial charge in [0.15, 0.2) is 0 Å². The highest BCUT2D eigenvalue weighted by Gasteiger charge is 2.25. The number of carbonyl (C=O) groups is 2. The number of amides is 2. The number of rotatable bonds is 3. The third-order valence-electron chi connectivity index (χ3n) is 4.29. The second-order valence-electron chi connectivity index (χ2n) is 5.97. The topological polar surface area (TPSA) is 80.1 Å². The van der Waals surface area contributed by atoms with Gasteiger partial charge in [0.2, 0.25) is 0 Å². The largest absolute Gasteiger partial charge is 0.450 e. The number of ether oxygens (including phenoxy) is 1. The van der Waals surface area contributed by atoms with Crippen molar-refractivity contribution in [3.05, 3.63) is 11.8 Å². The first-order chi connectivity index (χ1) is 11.5. The highest BCUT2D eigenvalue weighted by atomic mass is 16.6. The maximum absolute atomic E-state index is 12.5. The van der Waals surface area contributed by atoms with Gasteiger partial charge in [-0.1, -0.05) is 0 Å². The Morgan fingerprint density at radius 2 is 1.62 bits per heavy atom. The van der Waals surface area contributed by atoms with E-state index in [1.807, 2.05) is 18.0 Å². The van der Waals surface area contributed by atoms with E-state index in [1.54, 1.807) is 22.9 Å². The van der Waals surface area contributed by atoms with Crippen LogP contribution in [0.4, 0.5) is 4.79 Å². The van der Waals surface area contributed by atoms with Crippen molar-refractivity contribution in [2.45, 2.75) is 6.92 Å². The molecule has 0 radical (unpaired) electrons. The van der Waals surface area contributed by atoms with Crippen molar-refractivity contribution in [2.75, 3.05) is 66.0 Å². The Balaban J connectivity index is 1.90. The molecule has 0 aromatic heterocycles. The molecule has 2 aliphatic rings. The van der Waals surface area contributed by atoms with Crippen molar-refractivity contribution in [3.8, 4) is 6.07 Å². The van der Waals surface area contributed by atoms with Crippen LogP contribution in [0.2, 0.25) is 0 Å². The molecule has 24 heavy (non-hydrogen) atoms. The summed E-state index contributed by atoms with van der Waals surface area (Å²) in [6, 6.07) is 2.02. The van der Waals surface area contributed by atoms with Crippen LogP contribution >= 0.6 is 0 Å². The van der Waals surface area contributed by atoms with Crippen molar-refractivity contribution in [1.82, 2.24) is 19.6 Å². The van der Waals surface area contributed by atoms with Gasteiger partial charge in [0.1, 0.15) is 11.6 Å². The predicted molar refractivity (Wildman–Crippen MR) is 87.9 cm³/mol. The molecule has 0 N–H and O–H groups in total. The Morgan fingerprint density at radius 1 is 1.04 bits per heavy atom. The van der Waals surface area contributed by atoms with Crippen LogP contribution < -0.4 is 0 Å². The van der Waals surface area contributed by atoms with E-state index in [9.17, 15) is 14.9 Å². The highest BCUT2D eigenvalue weighted by Crippen LogP contribution is 2.10. The van der Waals surface area contributed by atoms with Crippen molar-refractivity contribution in [1.29, 1.82) is 5.26 Å². The zero-order valence-corrected chi connectivity index (χ0v) is 14.4. The Kier molecular flexibility index (Phi) is 6.44. The first kappa shape index (κ1) is 18.1. The third-order valence-corrected chi connectivity index (χ3v) is 4.29. The molecule has 0 aromatic rings. The van der Waals surface area contributed by atoms with Crippen molar-refractivity contribution < 1.29 is 14.3 Å². The van der Waals surface area contributed by atoms with Gasteiger partial charge in [-0.05, 0) is 14.0 Å². The molecule has 0 bridgehead atoms. The molecule has 0 unspecified atom stereocenters. The number of nitriles is 1. The van der Waals surface area contributed by atoms with E-state index in [2.05, 4.69) is 4.90 Å². The number of nitrogens with zero attached hydrogens (tertiary/aromatic N) is 5. The molecule has 2 rings (SSSR count). The summed E-state index contributed by atoms with van der Waals surface area (Å²) in [6.45, 7) is 7.28. The number of carbonyl (C=O) groups excluding carboxylic acids is 2. The van der Waals surface area contributed by atoms with Gasteiger partial charge in [0, 0.05) is 58.6 Å². The summed E-state index contributed by atoms with van der Waals surface area (Å²) in [5, 5.41) is 9.33. The van der Waals surface area contributed by atoms with Gasteiger partial charge in [0.25, 0.3) is 5.91 Å². The third kappa shape index (κ3) is 4.61. The molecule has 2 aliphatic heterocycles. The number of hydrogen-bond acceptors (Lipinski definition) is 6. The summed E-state index contributed by atoms with van der Waals surface area (Å²) in [5.41, 5.74) is 0.157. The summed E-state index contributed by atoms with van der Waals surface area (Å²) in [4.78, 5) is 31.6. The minimum Gasteiger partial charge on any atom is -0.450 e. The fraction of sp³-hybridized carbons (Fsp3) is 0.688. The maximum Gasteiger partial charge on any atom is 0.409 e. The molecule has 8 heteroatoms. The molecule has 8 nitrogen and oxygen atoms in total. The van der Waals surface area contributed by atoms with Gasteiger partial charge in [0.05, 0.1) is 6.61 Å². The molecular formula is C16H25N5O3. The van der Waals surface area contributed by atoms with Crippen molar-refractivity contribution in [3.63, 3.8) is 0 Å². The molecule has 0 aliphatic carbocycles. The summed E-state index contributed by atoms with van der Waals surface area (Å²) >= 11 is 0. The maximum atomic E-state index is 12.5. The van der Waals surface area contributed by atoms with Crippen LogP contribution in [0.3, 0.4) is 0 Å². The minimum atomic E-state index is -0.310. The predicted octanol–water partition coefficient (Wildman–Crippen LogP) is -0.0580. The molecule has 2 amide bonds. The van der Waals surface area contributed by atoms with E-state index < -0.39 is 0 Å². The molecule has 2 saturated heterocycles. The molecule has 0 spiro atoms. The standard InChI is InChI=1S/C16H25N5O3/c1-3-24-16(23)21-10-6-19(7-11-21)13-14(12-17)15(22)20-8-4-18(2)5-9-20/h13H,3-11H2,1-2H3/b14-13-. The number of hydrogen-bond donors (Lipinski definition) is 0. The van der Waals surface area contributed by atoms with Gasteiger partial charge in [-0.2, -0.15) is 5.26 Å². The van der Waals surface area contributed by atoms with Crippen LogP contribution in [-0.4, -0.2) is 97.6 Å². The van der Waals surface area contributed by atoms with Crippen LogP contribution in [0.5, 0.6) is 0 Å². The lowest BCUT2D eigenvalue weighted by Gasteiger charge is -2.34. The first-order valence-electron chi connectivity index (χ1n) is 8.30. The second kappa shape index (κ2) is 8.55. The normalized spacial score (nSPS) is 19.9. The van der Waals surface area contributed by atoms with Gasteiger partial charge >= 0.3 is 6.09 Å². The fourth-order valence-electron chi connectivity index (χ4n) is 2.74. The summed E-state index contributed by atoms with van der Waals surface area (Å²) < 4.78 is 4.98. The van der Waals surface area contributed by atoms with Crippen LogP contribution in [-0.2, 0) is 9.53 Å². The molecule has 132 valence electrons. The van der Waals surface area contributed by atoms with Gasteiger partial charge in [-0.25, -0.2) is 4.79 Å². The van der Waals surface area contributed by atoms with Gasteiger partial charge in [-0.3, -0.25) is 4.79 Å². The van der Waals surface area contributed by atoms with Crippen molar-refractivity contribution >= 4 is 12.0 Å². The smallest absolute Gasteiger partial charge is 0.409 e. The van der Waals surface area contributed by atoms with E-state index in [-0.39, 0.29) is 17.6 Å². The summed E-state index contributed by atoms with van der Waals surface area (Å²) in [5.74, 6) is -0.210. The summed E-state index contributed by atoms with van der Waals surface area (Å²) in [7, 11) is 2.02. The summed E-state index contributed by atoms with van der Waals surface area (Å²) in [6.07, 6.45) is 1.32. The fourth-order valence-corrected chi connectivity index (χ4v) is 2.74. The monoisotopic (exact) mass is 335 g/mol. The SMILES string of the molecule is CCOC(=O)N1CCN(/C=C(/C#N)C(=O)N2CCN(C)CC2)CC1. The van der Waals surface area contributed by atoms with Gasteiger partial charge in [-0.15, -0.1) is 0 Å². The van der Waals surface area contributed by atoms with Crippen LogP contribution in [0.25, 0.3) is 0 Å². The van der Waals surface area contributed by atoms with E-state index in [0.717, 1.165) is 13.1 Å². The molecular weight excluding hydrogens is 310 g/mol. The average molecular weight is 335 g/mol. The lowest BCUT2D eigenvalue weighted by molar-refractivity contribution is -0.128. The molecule has 0 saturated carbocycles. The lowest BCUT2D eigenvalue weighted by atomic mass is 10.2. The van der Waals surface area contributed by atoms with Crippen LogP contribution in [0.15, 0.2) is 11.8 Å². The molecule has 2 fully saturated rings. The Morgan fingerprint density at radius 3 is 2.17 bits per heavy atom. The van der Waals surface area contributed by atoms with Gasteiger partial charge < -0.3 is 24.3 Å². The quantitative estimate of drug-likeness (QED) is 0.531. The zero-order valence-electron chi connectivity index (χ0n) is 14.4. The molecule has 0 aromatic carbocycles. The Labute approximate surface area is 142 Å². The van der Waals surface area contributed by atoms with E-state index in [4.69, 9.17) is 4.74 Å². The Hall–Kier alpha value is -2.27. The number of likely N-dealkylation sites (N-methyl/N-ethyl adjacent to an activating group) is 1. The highest BCUT2D eigenvalue weighted by molar-refractivity contribution is 5.97. The lowest BCUT2D eigenvalue weighted by Crippen LogP contribution is -2.48. The minimum absolute atomic E-state index is 0.157. The van der Waals surface area contributed by atoms with Crippen LogP contribution in [0, 0.1) is 11.3 Å². The molecule has 2 heterocycles.